The van der Waals surface area contributed by atoms with Crippen molar-refractivity contribution >= 4 is 27.2 Å². The molecule has 3 aromatic rings. The Morgan fingerprint density at radius 3 is 1.91 bits per heavy atom. The van der Waals surface area contributed by atoms with E-state index in [0.29, 0.717) is 48.7 Å². The molecule has 0 atom stereocenters. The summed E-state index contributed by atoms with van der Waals surface area (Å²) in [4.78, 5) is 13.3. The Bertz CT molecular complexity index is 1300. The predicted octanol–water partition coefficient (Wildman–Crippen LogP) is 3.80. The van der Waals surface area contributed by atoms with Crippen LogP contribution in [-0.4, -0.2) is 56.2 Å². The van der Waals surface area contributed by atoms with Crippen molar-refractivity contribution in [3.05, 3.63) is 102 Å². The Labute approximate surface area is 199 Å². The van der Waals surface area contributed by atoms with Gasteiger partial charge in [0.15, 0.2) is 0 Å². The number of sulfonamides is 1. The zero-order valence-corrected chi connectivity index (χ0v) is 19.6. The molecule has 0 spiro atoms. The van der Waals surface area contributed by atoms with Crippen molar-refractivity contribution < 1.29 is 17.9 Å². The van der Waals surface area contributed by atoms with Crippen LogP contribution >= 0.6 is 0 Å². The number of hydrogen-bond acceptors (Lipinski definition) is 6. The van der Waals surface area contributed by atoms with E-state index in [9.17, 15) is 13.2 Å². The highest BCUT2D eigenvalue weighted by Crippen LogP contribution is 2.18. The van der Waals surface area contributed by atoms with E-state index in [-0.39, 0.29) is 16.4 Å². The summed E-state index contributed by atoms with van der Waals surface area (Å²) < 4.78 is 32.3. The summed E-state index contributed by atoms with van der Waals surface area (Å²) in [6.45, 7) is 3.25. The molecule has 0 aliphatic carbocycles. The minimum atomic E-state index is -3.57. The highest BCUT2D eigenvalue weighted by molar-refractivity contribution is 7.89. The lowest BCUT2D eigenvalue weighted by Crippen LogP contribution is -2.40. The van der Waals surface area contributed by atoms with E-state index in [1.165, 1.54) is 4.31 Å². The van der Waals surface area contributed by atoms with Crippen molar-refractivity contribution in [1.82, 2.24) is 4.31 Å². The highest BCUT2D eigenvalue weighted by Gasteiger charge is 2.26. The molecule has 34 heavy (non-hydrogen) atoms. The van der Waals surface area contributed by atoms with Crippen LogP contribution in [0, 0.1) is 0 Å². The van der Waals surface area contributed by atoms with Crippen LogP contribution in [-0.2, 0) is 14.8 Å². The Balaban J connectivity index is 1.61. The lowest BCUT2D eigenvalue weighted by atomic mass is 10.0. The van der Waals surface area contributed by atoms with Crippen LogP contribution in [0.15, 0.2) is 100 Å². The molecule has 7 nitrogen and oxygen atoms in total. The maximum atomic E-state index is 13.1. The molecule has 1 aliphatic heterocycles. The fourth-order valence-electron chi connectivity index (χ4n) is 3.54. The van der Waals surface area contributed by atoms with Crippen LogP contribution in [0.2, 0.25) is 0 Å². The van der Waals surface area contributed by atoms with Gasteiger partial charge in [-0.1, -0.05) is 72.8 Å². The molecule has 0 saturated carbocycles. The molecule has 1 saturated heterocycles. The molecule has 3 aromatic carbocycles. The summed E-state index contributed by atoms with van der Waals surface area (Å²) in [6, 6.07) is 24.6. The number of hydrogen-bond donors (Lipinski definition) is 0. The largest absolute Gasteiger partial charge is 0.379 e. The molecule has 174 valence electrons. The van der Waals surface area contributed by atoms with Crippen molar-refractivity contribution in [2.24, 2.45) is 10.2 Å². The molecule has 1 aliphatic rings. The van der Waals surface area contributed by atoms with E-state index in [4.69, 9.17) is 4.74 Å². The van der Waals surface area contributed by atoms with Gasteiger partial charge in [0.2, 0.25) is 15.8 Å². The van der Waals surface area contributed by atoms with Gasteiger partial charge in [-0.3, -0.25) is 4.79 Å². The van der Waals surface area contributed by atoms with Crippen LogP contribution in [0.3, 0.4) is 0 Å². The monoisotopic (exact) mass is 475 g/mol. The molecule has 4 rings (SSSR count). The van der Waals surface area contributed by atoms with E-state index in [1.807, 2.05) is 36.4 Å². The van der Waals surface area contributed by atoms with Crippen molar-refractivity contribution in [3.63, 3.8) is 0 Å². The quantitative estimate of drug-likeness (QED) is 0.295. The first-order chi connectivity index (χ1) is 16.5. The third-order valence-corrected chi connectivity index (χ3v) is 7.39. The number of ether oxygens (including phenoxy) is 1. The zero-order chi connectivity index (χ0) is 24.0. The molecule has 0 aromatic heterocycles. The van der Waals surface area contributed by atoms with Gasteiger partial charge in [-0.15, -0.1) is 5.10 Å². The van der Waals surface area contributed by atoms with Gasteiger partial charge >= 0.3 is 0 Å². The van der Waals surface area contributed by atoms with Crippen LogP contribution < -0.4 is 0 Å². The maximum Gasteiger partial charge on any atom is 0.243 e. The number of rotatable bonds is 7. The van der Waals surface area contributed by atoms with E-state index < -0.39 is 10.0 Å². The minimum Gasteiger partial charge on any atom is -0.379 e. The second kappa shape index (κ2) is 10.6. The molecule has 1 heterocycles. The number of morpholine rings is 1. The van der Waals surface area contributed by atoms with Crippen molar-refractivity contribution in [2.75, 3.05) is 26.3 Å². The normalized spacial score (nSPS) is 15.8. The smallest absolute Gasteiger partial charge is 0.243 e. The van der Waals surface area contributed by atoms with E-state index in [0.717, 1.165) is 0 Å². The summed E-state index contributed by atoms with van der Waals surface area (Å²) >= 11 is 0. The van der Waals surface area contributed by atoms with Crippen molar-refractivity contribution in [1.29, 1.82) is 0 Å². The summed E-state index contributed by atoms with van der Waals surface area (Å²) in [6.07, 6.45) is 0. The highest BCUT2D eigenvalue weighted by atomic mass is 32.2. The Hall–Kier alpha value is -3.46. The number of benzene rings is 3. The molecule has 0 amide bonds. The molecule has 0 unspecified atom stereocenters. The van der Waals surface area contributed by atoms with Crippen LogP contribution in [0.4, 0.5) is 0 Å². The van der Waals surface area contributed by atoms with Gasteiger partial charge < -0.3 is 4.74 Å². The third kappa shape index (κ3) is 5.36. The van der Waals surface area contributed by atoms with E-state index in [2.05, 4.69) is 10.2 Å². The van der Waals surface area contributed by atoms with Crippen molar-refractivity contribution in [2.45, 2.75) is 11.8 Å². The molecule has 1 fully saturated rings. The maximum absolute atomic E-state index is 13.1. The first-order valence-electron chi connectivity index (χ1n) is 10.9. The van der Waals surface area contributed by atoms with Gasteiger partial charge in [-0.05, 0) is 24.6 Å². The predicted molar refractivity (Wildman–Crippen MR) is 132 cm³/mol. The number of nitrogens with zero attached hydrogens (tertiary/aromatic N) is 3. The molecular weight excluding hydrogens is 450 g/mol. The number of carbonyl (C=O) groups is 1. The lowest BCUT2D eigenvalue weighted by molar-refractivity contribution is 0.0730. The minimum absolute atomic E-state index is 0.221. The second-order valence-electron chi connectivity index (χ2n) is 7.74. The van der Waals surface area contributed by atoms with Gasteiger partial charge in [-0.2, -0.15) is 9.41 Å². The summed E-state index contributed by atoms with van der Waals surface area (Å²) in [5.41, 5.74) is 2.70. The third-order valence-electron chi connectivity index (χ3n) is 5.48. The molecule has 0 radical (unpaired) electrons. The Morgan fingerprint density at radius 2 is 1.32 bits per heavy atom. The summed E-state index contributed by atoms with van der Waals surface area (Å²) in [7, 11) is -3.57. The van der Waals surface area contributed by atoms with Gasteiger partial charge in [0.05, 0.1) is 23.8 Å². The number of carbonyl (C=O) groups excluding carboxylic acids is 1. The Kier molecular flexibility index (Phi) is 7.42. The average molecular weight is 476 g/mol. The topological polar surface area (TPSA) is 88.4 Å². The van der Waals surface area contributed by atoms with Crippen LogP contribution in [0.25, 0.3) is 0 Å². The lowest BCUT2D eigenvalue weighted by Gasteiger charge is -2.26. The van der Waals surface area contributed by atoms with Gasteiger partial charge in [0.1, 0.15) is 5.71 Å². The van der Waals surface area contributed by atoms with Crippen molar-refractivity contribution in [3.8, 4) is 0 Å². The molecule has 0 N–H and O–H groups in total. The first kappa shape index (κ1) is 23.7. The SMILES string of the molecule is C/C(=N\N=C(\C(=O)c1ccccc1)c1ccccc1)c1ccc(S(=O)(=O)N2CCOCC2)cc1. The average Bonchev–Trinajstić information content (AvgIpc) is 2.90. The molecular formula is C26H25N3O4S. The fourth-order valence-corrected chi connectivity index (χ4v) is 4.95. The van der Waals surface area contributed by atoms with Gasteiger partial charge in [0.25, 0.3) is 0 Å². The summed E-state index contributed by atoms with van der Waals surface area (Å²) in [5.74, 6) is -0.227. The second-order valence-corrected chi connectivity index (χ2v) is 9.67. The molecule has 0 bridgehead atoms. The van der Waals surface area contributed by atoms with Gasteiger partial charge in [-0.25, -0.2) is 8.42 Å². The van der Waals surface area contributed by atoms with E-state index in [1.54, 1.807) is 55.5 Å². The zero-order valence-electron chi connectivity index (χ0n) is 18.8. The van der Waals surface area contributed by atoms with E-state index >= 15 is 0 Å². The number of ketones is 1. The van der Waals surface area contributed by atoms with Crippen LogP contribution in [0.1, 0.15) is 28.4 Å². The standard InChI is InChI=1S/C26H25N3O4S/c1-20(21-12-14-24(15-13-21)34(31,32)29-16-18-33-19-17-29)27-28-25(22-8-4-2-5-9-22)26(30)23-10-6-3-7-11-23/h2-15H,16-19H2,1H3/b27-20+,28-25+. The fraction of sp³-hybridized carbons (Fsp3) is 0.192. The summed E-state index contributed by atoms with van der Waals surface area (Å²) in [5, 5.41) is 8.61. The first-order valence-corrected chi connectivity index (χ1v) is 12.4. The van der Waals surface area contributed by atoms with Crippen LogP contribution in [0.5, 0.6) is 0 Å². The number of Topliss-reactive ketones (excluding diaryl/α,β-unsaturated/α-hetero) is 1. The van der Waals surface area contributed by atoms with Gasteiger partial charge in [0, 0.05) is 24.2 Å². The Morgan fingerprint density at radius 1 is 0.765 bits per heavy atom. The molecule has 8 heteroatoms.